The average molecular weight is 729 g/mol. The van der Waals surface area contributed by atoms with Crippen LogP contribution in [0.3, 0.4) is 0 Å². The molecule has 1 heterocycles. The van der Waals surface area contributed by atoms with Gasteiger partial charge in [-0.05, 0) is 129 Å². The summed E-state index contributed by atoms with van der Waals surface area (Å²) >= 11 is 1.92. The van der Waals surface area contributed by atoms with E-state index in [4.69, 9.17) is 0 Å². The lowest BCUT2D eigenvalue weighted by molar-refractivity contribution is 0.661. The van der Waals surface area contributed by atoms with Crippen LogP contribution in [0.2, 0.25) is 0 Å². The van der Waals surface area contributed by atoms with E-state index in [1.807, 2.05) is 11.3 Å². The summed E-state index contributed by atoms with van der Waals surface area (Å²) in [6.07, 6.45) is 0. The third kappa shape index (κ3) is 4.53. The van der Waals surface area contributed by atoms with Crippen molar-refractivity contribution >= 4 is 74.6 Å². The first-order valence-corrected chi connectivity index (χ1v) is 20.4. The van der Waals surface area contributed by atoms with Gasteiger partial charge < -0.3 is 0 Å². The van der Waals surface area contributed by atoms with E-state index in [1.54, 1.807) is 0 Å². The van der Waals surface area contributed by atoms with Gasteiger partial charge >= 0.3 is 0 Å². The van der Waals surface area contributed by atoms with Crippen molar-refractivity contribution in [1.82, 2.24) is 0 Å². The number of thiophene rings is 1. The lowest BCUT2D eigenvalue weighted by atomic mass is 9.81. The first-order valence-electron chi connectivity index (χ1n) is 19.6. The fraction of sp³-hybridized carbons (Fsp3) is 0.0545. The maximum Gasteiger partial charge on any atom is 0.0433 e. The van der Waals surface area contributed by atoms with Crippen molar-refractivity contribution in [2.45, 2.75) is 19.3 Å². The van der Waals surface area contributed by atoms with Gasteiger partial charge in [-0.25, -0.2) is 0 Å². The molecule has 1 aliphatic rings. The highest BCUT2D eigenvalue weighted by Gasteiger charge is 2.36. The molecule has 0 saturated carbocycles. The highest BCUT2D eigenvalue weighted by molar-refractivity contribution is 7.26. The molecule has 10 aromatic carbocycles. The predicted octanol–water partition coefficient (Wildman–Crippen LogP) is 16.0. The molecule has 0 fully saturated rings. The molecule has 0 spiro atoms. The van der Waals surface area contributed by atoms with Crippen LogP contribution in [0, 0.1) is 0 Å². The number of benzene rings is 10. The van der Waals surface area contributed by atoms with Crippen molar-refractivity contribution in [3.8, 4) is 44.5 Å². The monoisotopic (exact) mass is 728 g/mol. The second-order valence-corrected chi connectivity index (χ2v) is 17.1. The highest BCUT2D eigenvalue weighted by atomic mass is 32.1. The van der Waals surface area contributed by atoms with E-state index < -0.39 is 0 Å². The van der Waals surface area contributed by atoms with E-state index >= 15 is 0 Å². The minimum atomic E-state index is -0.0821. The van der Waals surface area contributed by atoms with Crippen LogP contribution in [-0.2, 0) is 5.41 Å². The molecule has 0 N–H and O–H groups in total. The molecule has 0 radical (unpaired) electrons. The van der Waals surface area contributed by atoms with Crippen LogP contribution in [0.25, 0.3) is 108 Å². The molecule has 0 bridgehead atoms. The van der Waals surface area contributed by atoms with E-state index in [0.717, 1.165) is 0 Å². The zero-order chi connectivity index (χ0) is 37.1. The molecule has 0 nitrogen and oxygen atoms in total. The molecule has 0 aliphatic heterocycles. The first-order chi connectivity index (χ1) is 27.5. The molecular weight excluding hydrogens is 693 g/mol. The Balaban J connectivity index is 0.975. The molecule has 0 atom stereocenters. The van der Waals surface area contributed by atoms with Crippen LogP contribution in [0.1, 0.15) is 25.0 Å². The van der Waals surface area contributed by atoms with Crippen LogP contribution in [0.4, 0.5) is 0 Å². The summed E-state index contributed by atoms with van der Waals surface area (Å²) in [6.45, 7) is 4.78. The Morgan fingerprint density at radius 1 is 0.339 bits per heavy atom. The van der Waals surface area contributed by atoms with E-state index in [9.17, 15) is 0 Å². The Morgan fingerprint density at radius 3 is 1.62 bits per heavy atom. The molecule has 1 aliphatic carbocycles. The molecule has 262 valence electrons. The summed E-state index contributed by atoms with van der Waals surface area (Å²) in [7, 11) is 0. The molecule has 0 saturated heterocycles. The van der Waals surface area contributed by atoms with Crippen molar-refractivity contribution in [3.05, 3.63) is 193 Å². The van der Waals surface area contributed by atoms with Crippen molar-refractivity contribution in [1.29, 1.82) is 0 Å². The second-order valence-electron chi connectivity index (χ2n) is 16.0. The zero-order valence-electron chi connectivity index (χ0n) is 31.2. The van der Waals surface area contributed by atoms with Gasteiger partial charge in [-0.15, -0.1) is 11.3 Å². The van der Waals surface area contributed by atoms with E-state index in [0.29, 0.717) is 0 Å². The fourth-order valence-electron chi connectivity index (χ4n) is 9.86. The Kier molecular flexibility index (Phi) is 6.66. The maximum atomic E-state index is 2.50. The lowest BCUT2D eigenvalue weighted by Crippen LogP contribution is -2.14. The smallest absolute Gasteiger partial charge is 0.0433 e. The summed E-state index contributed by atoms with van der Waals surface area (Å²) in [4.78, 5) is 0. The number of hydrogen-bond donors (Lipinski definition) is 0. The Hall–Kier alpha value is -6.54. The number of hydrogen-bond acceptors (Lipinski definition) is 1. The second kappa shape index (κ2) is 11.7. The highest BCUT2D eigenvalue weighted by Crippen LogP contribution is 2.52. The Morgan fingerprint density at radius 2 is 0.893 bits per heavy atom. The first kappa shape index (κ1) is 31.8. The van der Waals surface area contributed by atoms with Gasteiger partial charge in [0.05, 0.1) is 0 Å². The summed E-state index contributed by atoms with van der Waals surface area (Å²) in [5.41, 5.74) is 13.0. The summed E-state index contributed by atoms with van der Waals surface area (Å²) in [5.74, 6) is 0. The Bertz CT molecular complexity index is 3370. The predicted molar refractivity (Wildman–Crippen MR) is 243 cm³/mol. The normalized spacial score (nSPS) is 13.3. The lowest BCUT2D eigenvalue weighted by Gasteiger charge is -2.22. The molecule has 1 heteroatoms. The van der Waals surface area contributed by atoms with E-state index in [1.165, 1.54) is 119 Å². The molecular formula is C55H36S. The van der Waals surface area contributed by atoms with Crippen LogP contribution in [0.15, 0.2) is 182 Å². The maximum absolute atomic E-state index is 2.50. The molecule has 0 unspecified atom stereocenters. The van der Waals surface area contributed by atoms with Crippen LogP contribution < -0.4 is 0 Å². The minimum absolute atomic E-state index is 0.0821. The van der Waals surface area contributed by atoms with Crippen molar-refractivity contribution in [3.63, 3.8) is 0 Å². The summed E-state index contributed by atoms with van der Waals surface area (Å²) in [6, 6.07) is 68.3. The third-order valence-corrected chi connectivity index (χ3v) is 13.9. The molecule has 56 heavy (non-hydrogen) atoms. The van der Waals surface area contributed by atoms with Crippen molar-refractivity contribution < 1.29 is 0 Å². The topological polar surface area (TPSA) is 0 Å². The quantitative estimate of drug-likeness (QED) is 0.159. The van der Waals surface area contributed by atoms with Crippen LogP contribution in [0.5, 0.6) is 0 Å². The summed E-state index contributed by atoms with van der Waals surface area (Å²) in [5, 5.41) is 13.0. The van der Waals surface area contributed by atoms with Gasteiger partial charge in [-0.1, -0.05) is 166 Å². The third-order valence-electron chi connectivity index (χ3n) is 12.6. The van der Waals surface area contributed by atoms with Gasteiger partial charge in [0.2, 0.25) is 0 Å². The van der Waals surface area contributed by atoms with Crippen molar-refractivity contribution in [2.75, 3.05) is 0 Å². The zero-order valence-corrected chi connectivity index (χ0v) is 32.0. The Labute approximate surface area is 329 Å². The van der Waals surface area contributed by atoms with Gasteiger partial charge in [0.1, 0.15) is 0 Å². The minimum Gasteiger partial charge on any atom is -0.135 e. The SMILES string of the molecule is CC1(C)c2ccc(-c3ccc(-c4c5ccccc5c(-c5ccc6ccccc6c5)c5ccccc45)cc3)cc2-c2cc3ccc4c5ccccc5sc4c3cc21. The number of fused-ring (bicyclic) bond motifs is 11. The van der Waals surface area contributed by atoms with Gasteiger partial charge in [0.25, 0.3) is 0 Å². The molecule has 1 aromatic heterocycles. The largest absolute Gasteiger partial charge is 0.135 e. The van der Waals surface area contributed by atoms with Gasteiger partial charge in [-0.3, -0.25) is 0 Å². The number of rotatable bonds is 3. The van der Waals surface area contributed by atoms with E-state index in [2.05, 4.69) is 196 Å². The van der Waals surface area contributed by atoms with Gasteiger partial charge in [0, 0.05) is 25.6 Å². The summed E-state index contributed by atoms with van der Waals surface area (Å²) < 4.78 is 2.75. The standard InChI is InChI=1S/C55H36S/c1-55(2)49-28-26-37(30-47(49)48-31-38-25-27-45-40-13-9-10-18-51(40)56-54(45)46(38)32-50(48)55)34-19-22-35(23-20-34)52-41-14-5-7-16-43(41)53(44-17-8-6-15-42(44)52)39-24-21-33-11-3-4-12-36(33)29-39/h3-32H,1-2H3. The van der Waals surface area contributed by atoms with Crippen molar-refractivity contribution in [2.24, 2.45) is 0 Å². The van der Waals surface area contributed by atoms with Gasteiger partial charge in [0.15, 0.2) is 0 Å². The average Bonchev–Trinajstić information content (AvgIpc) is 3.73. The van der Waals surface area contributed by atoms with Crippen LogP contribution in [-0.4, -0.2) is 0 Å². The molecule has 11 aromatic rings. The fourth-order valence-corrected chi connectivity index (χ4v) is 11.1. The van der Waals surface area contributed by atoms with Gasteiger partial charge in [-0.2, -0.15) is 0 Å². The molecule has 0 amide bonds. The van der Waals surface area contributed by atoms with Crippen LogP contribution >= 0.6 is 11.3 Å². The molecule has 12 rings (SSSR count). The van der Waals surface area contributed by atoms with E-state index in [-0.39, 0.29) is 5.41 Å².